The van der Waals surface area contributed by atoms with E-state index in [0.717, 1.165) is 17.0 Å². The van der Waals surface area contributed by atoms with Crippen LogP contribution in [0.25, 0.3) is 0 Å². The van der Waals surface area contributed by atoms with E-state index in [0.29, 0.717) is 5.75 Å². The topological polar surface area (TPSA) is 77.8 Å². The summed E-state index contributed by atoms with van der Waals surface area (Å²) in [7, 11) is 0. The number of halogens is 1. The molecule has 0 aromatic heterocycles. The largest absolute Gasteiger partial charge is 0.508 e. The first-order chi connectivity index (χ1) is 8.50. The van der Waals surface area contributed by atoms with Crippen LogP contribution >= 0.6 is 11.8 Å². The number of hydrogen-bond donors (Lipinski definition) is 2. The lowest BCUT2D eigenvalue weighted by Crippen LogP contribution is -2.42. The summed E-state index contributed by atoms with van der Waals surface area (Å²) in [6.07, 6.45) is 0. The quantitative estimate of drug-likeness (QED) is 0.843. The molecule has 1 heterocycles. The Hall–Kier alpha value is -1.76. The van der Waals surface area contributed by atoms with Gasteiger partial charge in [-0.15, -0.1) is 11.8 Å². The van der Waals surface area contributed by atoms with Crippen molar-refractivity contribution in [2.45, 2.75) is 6.04 Å². The highest BCUT2D eigenvalue weighted by Gasteiger charge is 2.35. The van der Waals surface area contributed by atoms with Crippen LogP contribution in [-0.2, 0) is 4.79 Å². The minimum atomic E-state index is -1.10. The number of benzene rings is 1. The molecule has 1 aliphatic heterocycles. The second-order valence-corrected chi connectivity index (χ2v) is 4.79. The van der Waals surface area contributed by atoms with Crippen LogP contribution in [0, 0.1) is 5.82 Å². The lowest BCUT2D eigenvalue weighted by Gasteiger charge is -2.20. The van der Waals surface area contributed by atoms with Crippen molar-refractivity contribution in [1.82, 2.24) is 4.90 Å². The van der Waals surface area contributed by atoms with Crippen LogP contribution in [0.5, 0.6) is 5.75 Å². The molecule has 1 aliphatic rings. The van der Waals surface area contributed by atoms with E-state index in [1.54, 1.807) is 0 Å². The number of rotatable bonds is 2. The monoisotopic (exact) mass is 271 g/mol. The fraction of sp³-hybridized carbons (Fsp3) is 0.273. The van der Waals surface area contributed by atoms with Gasteiger partial charge < -0.3 is 15.1 Å². The van der Waals surface area contributed by atoms with Crippen molar-refractivity contribution in [3.8, 4) is 5.75 Å². The van der Waals surface area contributed by atoms with Crippen LogP contribution in [0.4, 0.5) is 4.39 Å². The Morgan fingerprint density at radius 2 is 2.17 bits per heavy atom. The molecule has 2 rings (SSSR count). The molecule has 1 amide bonds. The summed E-state index contributed by atoms with van der Waals surface area (Å²) in [5.41, 5.74) is -0.235. The molecular formula is C11H10FNO4S. The Bertz CT molecular complexity index is 508. The van der Waals surface area contributed by atoms with Gasteiger partial charge in [0.15, 0.2) is 0 Å². The molecule has 7 heteroatoms. The van der Waals surface area contributed by atoms with Gasteiger partial charge >= 0.3 is 5.97 Å². The van der Waals surface area contributed by atoms with Crippen molar-refractivity contribution >= 4 is 23.6 Å². The van der Waals surface area contributed by atoms with Crippen molar-refractivity contribution in [3.05, 3.63) is 29.6 Å². The molecule has 2 N–H and O–H groups in total. The van der Waals surface area contributed by atoms with E-state index in [4.69, 9.17) is 10.2 Å². The van der Waals surface area contributed by atoms with Gasteiger partial charge in [0.2, 0.25) is 0 Å². The Balaban J connectivity index is 2.28. The number of carboxylic acid groups (broad SMARTS) is 1. The zero-order valence-corrected chi connectivity index (χ0v) is 9.98. The summed E-state index contributed by atoms with van der Waals surface area (Å²) in [6, 6.07) is 2.23. The van der Waals surface area contributed by atoms with Crippen LogP contribution in [0.1, 0.15) is 10.4 Å². The van der Waals surface area contributed by atoms with Gasteiger partial charge in [-0.05, 0) is 12.1 Å². The van der Waals surface area contributed by atoms with Gasteiger partial charge in [0.1, 0.15) is 17.6 Å². The molecule has 96 valence electrons. The number of aliphatic carboxylic acids is 1. The highest BCUT2D eigenvalue weighted by molar-refractivity contribution is 7.99. The van der Waals surface area contributed by atoms with E-state index in [-0.39, 0.29) is 17.2 Å². The van der Waals surface area contributed by atoms with Crippen molar-refractivity contribution in [2.75, 3.05) is 11.6 Å². The minimum absolute atomic E-state index is 0.218. The molecule has 1 aromatic rings. The molecule has 0 spiro atoms. The number of aromatic hydroxyl groups is 1. The predicted molar refractivity (Wildman–Crippen MR) is 63.0 cm³/mol. The van der Waals surface area contributed by atoms with Gasteiger partial charge in [0.25, 0.3) is 5.91 Å². The number of carbonyl (C=O) groups excluding carboxylic acids is 1. The van der Waals surface area contributed by atoms with Crippen molar-refractivity contribution in [1.29, 1.82) is 0 Å². The van der Waals surface area contributed by atoms with Crippen LogP contribution in [0.3, 0.4) is 0 Å². The highest BCUT2D eigenvalue weighted by Crippen LogP contribution is 2.25. The highest BCUT2D eigenvalue weighted by atomic mass is 32.2. The molecule has 18 heavy (non-hydrogen) atoms. The third-order valence-electron chi connectivity index (χ3n) is 2.61. The molecule has 5 nitrogen and oxygen atoms in total. The molecule has 1 fully saturated rings. The summed E-state index contributed by atoms with van der Waals surface area (Å²) in [5.74, 6) is -2.41. The van der Waals surface area contributed by atoms with Gasteiger partial charge in [-0.1, -0.05) is 0 Å². The number of amides is 1. The summed E-state index contributed by atoms with van der Waals surface area (Å²) in [5, 5.41) is 18.0. The smallest absolute Gasteiger partial charge is 0.327 e. The zero-order valence-electron chi connectivity index (χ0n) is 9.17. The average molecular weight is 271 g/mol. The first-order valence-corrected chi connectivity index (χ1v) is 6.26. The van der Waals surface area contributed by atoms with Gasteiger partial charge in [0, 0.05) is 11.8 Å². The average Bonchev–Trinajstić information content (AvgIpc) is 2.77. The maximum Gasteiger partial charge on any atom is 0.327 e. The van der Waals surface area contributed by atoms with Crippen LogP contribution in [0.15, 0.2) is 18.2 Å². The number of thioether (sulfide) groups is 1. The summed E-state index contributed by atoms with van der Waals surface area (Å²) in [6.45, 7) is 0. The number of phenolic OH excluding ortho intramolecular Hbond substituents is 1. The standard InChI is InChI=1S/C11H10FNO4S/c12-8-3-6(14)1-2-7(8)10(15)13-5-18-4-9(13)11(16)17/h1-3,9,14H,4-5H2,(H,16,17)/t9-/m0/s1. The normalized spacial score (nSPS) is 18.9. The molecule has 1 aromatic carbocycles. The number of phenols is 1. The number of carbonyl (C=O) groups is 2. The molecular weight excluding hydrogens is 261 g/mol. The van der Waals surface area contributed by atoms with Crippen molar-refractivity contribution in [3.63, 3.8) is 0 Å². The Kier molecular flexibility index (Phi) is 3.42. The van der Waals surface area contributed by atoms with E-state index < -0.39 is 23.7 Å². The van der Waals surface area contributed by atoms with Gasteiger partial charge in [-0.2, -0.15) is 0 Å². The van der Waals surface area contributed by atoms with Crippen LogP contribution in [-0.4, -0.2) is 44.7 Å². The molecule has 0 unspecified atom stereocenters. The van der Waals surface area contributed by atoms with Crippen LogP contribution in [0.2, 0.25) is 0 Å². The Morgan fingerprint density at radius 3 is 2.78 bits per heavy atom. The summed E-state index contributed by atoms with van der Waals surface area (Å²) >= 11 is 1.30. The summed E-state index contributed by atoms with van der Waals surface area (Å²) < 4.78 is 13.5. The number of nitrogens with zero attached hydrogens (tertiary/aromatic N) is 1. The molecule has 0 aliphatic carbocycles. The SMILES string of the molecule is O=C(O)[C@@H]1CSCN1C(=O)c1ccc(O)cc1F. The first kappa shape index (κ1) is 12.7. The fourth-order valence-corrected chi connectivity index (χ4v) is 2.82. The molecule has 0 radical (unpaired) electrons. The second kappa shape index (κ2) is 4.85. The van der Waals surface area contributed by atoms with Gasteiger partial charge in [-0.3, -0.25) is 4.79 Å². The second-order valence-electron chi connectivity index (χ2n) is 3.79. The third kappa shape index (κ3) is 2.26. The van der Waals surface area contributed by atoms with E-state index in [9.17, 15) is 14.0 Å². The maximum atomic E-state index is 13.5. The lowest BCUT2D eigenvalue weighted by atomic mass is 10.1. The summed E-state index contributed by atoms with van der Waals surface area (Å²) in [4.78, 5) is 24.1. The molecule has 0 saturated carbocycles. The fourth-order valence-electron chi connectivity index (χ4n) is 1.68. The lowest BCUT2D eigenvalue weighted by molar-refractivity contribution is -0.140. The molecule has 0 bridgehead atoms. The predicted octanol–water partition coefficient (Wildman–Crippen LogP) is 1.13. The maximum absolute atomic E-state index is 13.5. The zero-order chi connectivity index (χ0) is 13.3. The van der Waals surface area contributed by atoms with Gasteiger partial charge in [0.05, 0.1) is 11.4 Å². The third-order valence-corrected chi connectivity index (χ3v) is 3.62. The van der Waals surface area contributed by atoms with Crippen molar-refractivity contribution in [2.24, 2.45) is 0 Å². The van der Waals surface area contributed by atoms with Crippen molar-refractivity contribution < 1.29 is 24.2 Å². The number of carboxylic acids is 1. The Morgan fingerprint density at radius 1 is 1.44 bits per heavy atom. The first-order valence-electron chi connectivity index (χ1n) is 5.10. The molecule has 1 atom stereocenters. The number of hydrogen-bond acceptors (Lipinski definition) is 4. The van der Waals surface area contributed by atoms with Crippen LogP contribution < -0.4 is 0 Å². The van der Waals surface area contributed by atoms with E-state index in [1.165, 1.54) is 17.8 Å². The van der Waals surface area contributed by atoms with E-state index in [1.807, 2.05) is 0 Å². The van der Waals surface area contributed by atoms with E-state index in [2.05, 4.69) is 0 Å². The Labute approximate surface area is 106 Å². The van der Waals surface area contributed by atoms with Gasteiger partial charge in [-0.25, -0.2) is 9.18 Å². The minimum Gasteiger partial charge on any atom is -0.508 e. The molecule has 1 saturated heterocycles. The van der Waals surface area contributed by atoms with E-state index >= 15 is 0 Å².